The lowest BCUT2D eigenvalue weighted by Crippen LogP contribution is -2.41. The molecule has 0 saturated heterocycles. The zero-order valence-electron chi connectivity index (χ0n) is 8.75. The van der Waals surface area contributed by atoms with Crippen molar-refractivity contribution in [3.63, 3.8) is 0 Å². The number of carbonyl (C=O) groups excluding carboxylic acids is 2. The first kappa shape index (κ1) is 11.7. The molecule has 0 bridgehead atoms. The second kappa shape index (κ2) is 4.91. The molecule has 0 unspecified atom stereocenters. The van der Waals surface area contributed by atoms with E-state index in [2.05, 4.69) is 0 Å². The number of carbonyl (C=O) groups is 2. The number of hydrogen-bond donors (Lipinski definition) is 1. The van der Waals surface area contributed by atoms with E-state index in [1.54, 1.807) is 0 Å². The average molecular weight is 213 g/mol. The molecule has 0 radical (unpaired) electrons. The highest BCUT2D eigenvalue weighted by Crippen LogP contribution is 2.32. The van der Waals surface area contributed by atoms with Gasteiger partial charge in [-0.2, -0.15) is 0 Å². The summed E-state index contributed by atoms with van der Waals surface area (Å²) in [5.74, 6) is -2.36. The lowest BCUT2D eigenvalue weighted by molar-refractivity contribution is -0.232. The third-order valence-electron chi connectivity index (χ3n) is 2.35. The van der Waals surface area contributed by atoms with Gasteiger partial charge in [0.05, 0.1) is 0 Å². The van der Waals surface area contributed by atoms with Crippen LogP contribution in [-0.4, -0.2) is 23.9 Å². The summed E-state index contributed by atoms with van der Waals surface area (Å²) < 4.78 is 10.1. The molecule has 1 rings (SSSR count). The first-order valence-electron chi connectivity index (χ1n) is 5.01. The van der Waals surface area contributed by atoms with Crippen molar-refractivity contribution in [1.82, 2.24) is 0 Å². The highest BCUT2D eigenvalue weighted by atomic mass is 16.7. The quantitative estimate of drug-likeness (QED) is 0.436. The molecule has 0 aromatic heterocycles. The molecule has 0 aromatic carbocycles. The van der Waals surface area contributed by atoms with E-state index in [4.69, 9.17) is 14.9 Å². The maximum absolute atomic E-state index is 11.0. The van der Waals surface area contributed by atoms with E-state index in [0.29, 0.717) is 19.1 Å². The van der Waals surface area contributed by atoms with Gasteiger partial charge in [0.1, 0.15) is 6.21 Å². The first-order chi connectivity index (χ1) is 7.08. The van der Waals surface area contributed by atoms with E-state index in [0.717, 1.165) is 19.3 Å². The molecule has 1 saturated carbocycles. The summed E-state index contributed by atoms with van der Waals surface area (Å²) in [5.41, 5.74) is 0. The average Bonchev–Trinajstić information content (AvgIpc) is 2.17. The van der Waals surface area contributed by atoms with Gasteiger partial charge in [-0.1, -0.05) is 6.42 Å². The molecule has 0 amide bonds. The van der Waals surface area contributed by atoms with Gasteiger partial charge in [-0.15, -0.1) is 0 Å². The molecule has 1 N–H and O–H groups in total. The van der Waals surface area contributed by atoms with E-state index in [1.165, 1.54) is 6.92 Å². The van der Waals surface area contributed by atoms with Crippen LogP contribution in [0.25, 0.3) is 0 Å². The van der Waals surface area contributed by atoms with Crippen molar-refractivity contribution in [2.45, 2.75) is 44.8 Å². The zero-order valence-corrected chi connectivity index (χ0v) is 8.75. The van der Waals surface area contributed by atoms with Gasteiger partial charge in [0, 0.05) is 19.8 Å². The molecule has 5 heteroatoms. The lowest BCUT2D eigenvalue weighted by Gasteiger charge is -2.34. The summed E-state index contributed by atoms with van der Waals surface area (Å²) in [6, 6.07) is 0. The summed E-state index contributed by atoms with van der Waals surface area (Å²) in [5, 5.41) is 6.76. The predicted octanol–water partition coefficient (Wildman–Crippen LogP) is 1.40. The highest BCUT2D eigenvalue weighted by Gasteiger charge is 2.38. The second-order valence-electron chi connectivity index (χ2n) is 3.63. The van der Waals surface area contributed by atoms with Gasteiger partial charge in [0.25, 0.3) is 5.79 Å². The third-order valence-corrected chi connectivity index (χ3v) is 2.35. The van der Waals surface area contributed by atoms with Gasteiger partial charge < -0.3 is 14.9 Å². The molecule has 1 aliphatic carbocycles. The fraction of sp³-hybridized carbons (Fsp3) is 0.700. The summed E-state index contributed by atoms with van der Waals surface area (Å²) in [6.07, 6.45) is 4.39. The standard InChI is InChI=1S/C10H15NO4/c1-8(12)14-10(15-9(13)7-11)5-3-2-4-6-10/h7,11H,2-6H2,1H3. The summed E-state index contributed by atoms with van der Waals surface area (Å²) in [7, 11) is 0. The Hall–Kier alpha value is -1.39. The Morgan fingerprint density at radius 3 is 2.27 bits per heavy atom. The molecule has 0 aromatic rings. The Bertz CT molecular complexity index is 269. The monoisotopic (exact) mass is 213 g/mol. The number of esters is 2. The number of rotatable bonds is 3. The number of nitrogens with one attached hydrogen (secondary N) is 1. The van der Waals surface area contributed by atoms with Crippen LogP contribution in [0.2, 0.25) is 0 Å². The fourth-order valence-corrected chi connectivity index (χ4v) is 1.79. The maximum Gasteiger partial charge on any atom is 0.351 e. The van der Waals surface area contributed by atoms with Crippen molar-refractivity contribution in [3.05, 3.63) is 0 Å². The van der Waals surface area contributed by atoms with Crippen LogP contribution in [-0.2, 0) is 19.1 Å². The number of hydrogen-bond acceptors (Lipinski definition) is 5. The fourth-order valence-electron chi connectivity index (χ4n) is 1.79. The van der Waals surface area contributed by atoms with Crippen LogP contribution in [0.5, 0.6) is 0 Å². The Morgan fingerprint density at radius 2 is 1.80 bits per heavy atom. The minimum absolute atomic E-state index is 0.463. The Morgan fingerprint density at radius 1 is 1.20 bits per heavy atom. The zero-order chi connectivity index (χ0) is 11.3. The molecular formula is C10H15NO4. The van der Waals surface area contributed by atoms with E-state index >= 15 is 0 Å². The van der Waals surface area contributed by atoms with E-state index in [-0.39, 0.29) is 0 Å². The van der Waals surface area contributed by atoms with Crippen molar-refractivity contribution in [3.8, 4) is 0 Å². The molecule has 15 heavy (non-hydrogen) atoms. The Kier molecular flexibility index (Phi) is 3.82. The Balaban J connectivity index is 2.69. The molecular weight excluding hydrogens is 198 g/mol. The largest absolute Gasteiger partial charge is 0.423 e. The molecule has 5 nitrogen and oxygen atoms in total. The van der Waals surface area contributed by atoms with Gasteiger partial charge in [0.15, 0.2) is 0 Å². The van der Waals surface area contributed by atoms with Gasteiger partial charge in [0.2, 0.25) is 0 Å². The van der Waals surface area contributed by atoms with Crippen molar-refractivity contribution in [2.75, 3.05) is 0 Å². The van der Waals surface area contributed by atoms with Crippen molar-refractivity contribution in [1.29, 1.82) is 5.41 Å². The van der Waals surface area contributed by atoms with Crippen LogP contribution >= 0.6 is 0 Å². The normalized spacial score (nSPS) is 19.0. The summed E-state index contributed by atoms with van der Waals surface area (Å²) >= 11 is 0. The molecule has 0 aliphatic heterocycles. The topological polar surface area (TPSA) is 76.5 Å². The molecule has 84 valence electrons. The van der Waals surface area contributed by atoms with Crippen LogP contribution in [0.4, 0.5) is 0 Å². The SMILES string of the molecule is CC(=O)OC1(OC(=O)C=N)CCCCC1. The van der Waals surface area contributed by atoms with Crippen molar-refractivity contribution < 1.29 is 19.1 Å². The van der Waals surface area contributed by atoms with Gasteiger partial charge in [-0.25, -0.2) is 4.79 Å². The van der Waals surface area contributed by atoms with Crippen LogP contribution in [0.15, 0.2) is 0 Å². The van der Waals surface area contributed by atoms with E-state index in [9.17, 15) is 9.59 Å². The molecule has 1 aliphatic rings. The van der Waals surface area contributed by atoms with Crippen molar-refractivity contribution >= 4 is 18.2 Å². The van der Waals surface area contributed by atoms with Crippen LogP contribution < -0.4 is 0 Å². The third kappa shape index (κ3) is 3.34. The minimum Gasteiger partial charge on any atom is -0.423 e. The predicted molar refractivity (Wildman–Crippen MR) is 52.5 cm³/mol. The minimum atomic E-state index is -1.13. The van der Waals surface area contributed by atoms with E-state index < -0.39 is 17.7 Å². The maximum atomic E-state index is 11.0. The Labute approximate surface area is 88.3 Å². The van der Waals surface area contributed by atoms with Gasteiger partial charge in [-0.05, 0) is 12.8 Å². The van der Waals surface area contributed by atoms with Gasteiger partial charge in [-0.3, -0.25) is 4.79 Å². The van der Waals surface area contributed by atoms with E-state index in [1.807, 2.05) is 0 Å². The molecule has 1 fully saturated rings. The van der Waals surface area contributed by atoms with Crippen molar-refractivity contribution in [2.24, 2.45) is 0 Å². The first-order valence-corrected chi connectivity index (χ1v) is 5.01. The molecule has 0 atom stereocenters. The second-order valence-corrected chi connectivity index (χ2v) is 3.63. The van der Waals surface area contributed by atoms with Gasteiger partial charge >= 0.3 is 11.9 Å². The van der Waals surface area contributed by atoms with Crippen LogP contribution in [0.1, 0.15) is 39.0 Å². The van der Waals surface area contributed by atoms with Crippen LogP contribution in [0.3, 0.4) is 0 Å². The van der Waals surface area contributed by atoms with Crippen LogP contribution in [0, 0.1) is 5.41 Å². The highest BCUT2D eigenvalue weighted by molar-refractivity contribution is 6.21. The smallest absolute Gasteiger partial charge is 0.351 e. The summed E-state index contributed by atoms with van der Waals surface area (Å²) in [6.45, 7) is 1.29. The molecule has 0 spiro atoms. The lowest BCUT2D eigenvalue weighted by atomic mass is 9.94. The molecule has 0 heterocycles. The summed E-state index contributed by atoms with van der Waals surface area (Å²) in [4.78, 5) is 21.9. The number of ether oxygens (including phenoxy) is 2.